The number of esters is 2. The molecule has 0 saturated carbocycles. The molecule has 0 aromatic rings. The number of hydrogen-bond donors (Lipinski definition) is 0. The highest BCUT2D eigenvalue weighted by Crippen LogP contribution is 1.98. The second kappa shape index (κ2) is 5.57. The number of methoxy groups -OCH3 is 1. The second-order valence-corrected chi connectivity index (χ2v) is 2.46. The van der Waals surface area contributed by atoms with E-state index in [0.29, 0.717) is 0 Å². The highest BCUT2D eigenvalue weighted by Gasteiger charge is 2.12. The van der Waals surface area contributed by atoms with E-state index in [1.807, 2.05) is 6.92 Å². The monoisotopic (exact) mass is 174 g/mol. The molecule has 4 nitrogen and oxygen atoms in total. The average molecular weight is 174 g/mol. The standard InChI is InChI=1S/C8H14O4/c1-4-6(2)12-8(10)5-7(9)11-3/h6H,4-5H2,1-3H3. The summed E-state index contributed by atoms with van der Waals surface area (Å²) in [5, 5.41) is 0. The van der Waals surface area contributed by atoms with Crippen LogP contribution in [0.5, 0.6) is 0 Å². The van der Waals surface area contributed by atoms with Crippen molar-refractivity contribution in [3.8, 4) is 0 Å². The Kier molecular flexibility index (Phi) is 5.08. The van der Waals surface area contributed by atoms with Crippen molar-refractivity contribution in [1.82, 2.24) is 0 Å². The van der Waals surface area contributed by atoms with Crippen molar-refractivity contribution < 1.29 is 19.1 Å². The molecule has 0 amide bonds. The van der Waals surface area contributed by atoms with Gasteiger partial charge < -0.3 is 9.47 Å². The lowest BCUT2D eigenvalue weighted by Crippen LogP contribution is -2.17. The summed E-state index contributed by atoms with van der Waals surface area (Å²) >= 11 is 0. The van der Waals surface area contributed by atoms with E-state index >= 15 is 0 Å². The van der Waals surface area contributed by atoms with E-state index in [-0.39, 0.29) is 12.5 Å². The van der Waals surface area contributed by atoms with Gasteiger partial charge in [0.25, 0.3) is 0 Å². The van der Waals surface area contributed by atoms with Crippen LogP contribution in [-0.2, 0) is 19.1 Å². The Hall–Kier alpha value is -1.06. The molecule has 0 aliphatic rings. The third-order valence-corrected chi connectivity index (χ3v) is 1.42. The molecule has 0 aliphatic carbocycles. The van der Waals surface area contributed by atoms with Gasteiger partial charge in [-0.1, -0.05) is 6.92 Å². The second-order valence-electron chi connectivity index (χ2n) is 2.46. The zero-order chi connectivity index (χ0) is 9.56. The summed E-state index contributed by atoms with van der Waals surface area (Å²) in [7, 11) is 1.23. The van der Waals surface area contributed by atoms with Crippen LogP contribution in [0.1, 0.15) is 26.7 Å². The first-order valence-electron chi connectivity index (χ1n) is 3.86. The van der Waals surface area contributed by atoms with E-state index in [0.717, 1.165) is 6.42 Å². The molecule has 12 heavy (non-hydrogen) atoms. The lowest BCUT2D eigenvalue weighted by Gasteiger charge is -2.09. The van der Waals surface area contributed by atoms with Gasteiger partial charge in [-0.15, -0.1) is 0 Å². The first-order valence-corrected chi connectivity index (χ1v) is 3.86. The Balaban J connectivity index is 3.66. The SMILES string of the molecule is CCC(C)OC(=O)CC(=O)OC. The Morgan fingerprint density at radius 1 is 1.33 bits per heavy atom. The van der Waals surface area contributed by atoms with Gasteiger partial charge in [0.15, 0.2) is 0 Å². The van der Waals surface area contributed by atoms with Crippen molar-refractivity contribution in [3.05, 3.63) is 0 Å². The van der Waals surface area contributed by atoms with Crippen LogP contribution in [0.2, 0.25) is 0 Å². The van der Waals surface area contributed by atoms with Gasteiger partial charge in [0.2, 0.25) is 0 Å². The van der Waals surface area contributed by atoms with E-state index in [1.165, 1.54) is 7.11 Å². The number of rotatable bonds is 4. The van der Waals surface area contributed by atoms with Crippen LogP contribution in [0.25, 0.3) is 0 Å². The first kappa shape index (κ1) is 10.9. The third kappa shape index (κ3) is 4.71. The molecular weight excluding hydrogens is 160 g/mol. The van der Waals surface area contributed by atoms with Crippen LogP contribution in [0, 0.1) is 0 Å². The van der Waals surface area contributed by atoms with Gasteiger partial charge in [0.05, 0.1) is 13.2 Å². The summed E-state index contributed by atoms with van der Waals surface area (Å²) < 4.78 is 9.13. The van der Waals surface area contributed by atoms with E-state index < -0.39 is 11.9 Å². The molecule has 0 bridgehead atoms. The molecule has 0 rings (SSSR count). The van der Waals surface area contributed by atoms with Crippen LogP contribution in [0.3, 0.4) is 0 Å². The molecule has 0 heterocycles. The summed E-state index contributed by atoms with van der Waals surface area (Å²) in [5.74, 6) is -1.10. The number of carbonyl (C=O) groups excluding carboxylic acids is 2. The van der Waals surface area contributed by atoms with Gasteiger partial charge in [-0.3, -0.25) is 9.59 Å². The molecule has 4 heteroatoms. The maximum absolute atomic E-state index is 10.9. The third-order valence-electron chi connectivity index (χ3n) is 1.42. The smallest absolute Gasteiger partial charge is 0.317 e. The van der Waals surface area contributed by atoms with Crippen molar-refractivity contribution in [2.45, 2.75) is 32.8 Å². The molecule has 0 saturated heterocycles. The molecular formula is C8H14O4. The van der Waals surface area contributed by atoms with Crippen LogP contribution >= 0.6 is 0 Å². The van der Waals surface area contributed by atoms with Crippen LogP contribution in [0.15, 0.2) is 0 Å². The van der Waals surface area contributed by atoms with Crippen molar-refractivity contribution in [2.75, 3.05) is 7.11 Å². The molecule has 0 aliphatic heterocycles. The Morgan fingerprint density at radius 3 is 2.33 bits per heavy atom. The molecule has 0 N–H and O–H groups in total. The van der Waals surface area contributed by atoms with E-state index in [1.54, 1.807) is 6.92 Å². The molecule has 0 aromatic carbocycles. The normalized spacial score (nSPS) is 11.9. The molecule has 0 spiro atoms. The lowest BCUT2D eigenvalue weighted by molar-refractivity contribution is -0.155. The van der Waals surface area contributed by atoms with Gasteiger partial charge in [0, 0.05) is 0 Å². The van der Waals surface area contributed by atoms with Crippen LogP contribution in [0.4, 0.5) is 0 Å². The van der Waals surface area contributed by atoms with Gasteiger partial charge in [-0.25, -0.2) is 0 Å². The van der Waals surface area contributed by atoms with Gasteiger partial charge >= 0.3 is 11.9 Å². The summed E-state index contributed by atoms with van der Waals surface area (Å²) in [6.07, 6.45) is 0.301. The lowest BCUT2D eigenvalue weighted by atomic mass is 10.3. The predicted octanol–water partition coefficient (Wildman–Crippen LogP) is 0.891. The van der Waals surface area contributed by atoms with Gasteiger partial charge in [0.1, 0.15) is 6.42 Å². The minimum atomic E-state index is -0.566. The molecule has 70 valence electrons. The number of carbonyl (C=O) groups is 2. The molecule has 1 atom stereocenters. The van der Waals surface area contributed by atoms with Crippen molar-refractivity contribution in [3.63, 3.8) is 0 Å². The molecule has 0 fully saturated rings. The fraction of sp³-hybridized carbons (Fsp3) is 0.750. The van der Waals surface area contributed by atoms with Crippen LogP contribution < -0.4 is 0 Å². The average Bonchev–Trinajstić information content (AvgIpc) is 2.03. The highest BCUT2D eigenvalue weighted by atomic mass is 16.6. The first-order chi connectivity index (χ1) is 5.60. The number of hydrogen-bond acceptors (Lipinski definition) is 4. The van der Waals surface area contributed by atoms with Gasteiger partial charge in [-0.05, 0) is 13.3 Å². The van der Waals surface area contributed by atoms with Crippen molar-refractivity contribution >= 4 is 11.9 Å². The summed E-state index contributed by atoms with van der Waals surface area (Å²) in [6.45, 7) is 3.67. The van der Waals surface area contributed by atoms with Crippen molar-refractivity contribution in [1.29, 1.82) is 0 Å². The fourth-order valence-electron chi connectivity index (χ4n) is 0.539. The summed E-state index contributed by atoms with van der Waals surface area (Å²) in [5.41, 5.74) is 0. The molecule has 0 aromatic heterocycles. The maximum atomic E-state index is 10.9. The van der Waals surface area contributed by atoms with E-state index in [4.69, 9.17) is 4.74 Å². The topological polar surface area (TPSA) is 52.6 Å². The highest BCUT2D eigenvalue weighted by molar-refractivity contribution is 5.91. The Bertz CT molecular complexity index is 164. The number of ether oxygens (including phenoxy) is 2. The summed E-state index contributed by atoms with van der Waals surface area (Å²) in [6, 6.07) is 0. The van der Waals surface area contributed by atoms with Crippen molar-refractivity contribution in [2.24, 2.45) is 0 Å². The molecule has 1 unspecified atom stereocenters. The zero-order valence-electron chi connectivity index (χ0n) is 7.62. The minimum Gasteiger partial charge on any atom is -0.469 e. The molecule has 0 radical (unpaired) electrons. The minimum absolute atomic E-state index is 0.137. The maximum Gasteiger partial charge on any atom is 0.317 e. The van der Waals surface area contributed by atoms with Gasteiger partial charge in [-0.2, -0.15) is 0 Å². The van der Waals surface area contributed by atoms with Crippen LogP contribution in [-0.4, -0.2) is 25.2 Å². The predicted molar refractivity (Wildman–Crippen MR) is 42.5 cm³/mol. The largest absolute Gasteiger partial charge is 0.469 e. The van der Waals surface area contributed by atoms with E-state index in [2.05, 4.69) is 4.74 Å². The Labute approximate surface area is 71.8 Å². The van der Waals surface area contributed by atoms with E-state index in [9.17, 15) is 9.59 Å². The fourth-order valence-corrected chi connectivity index (χ4v) is 0.539. The Morgan fingerprint density at radius 2 is 1.92 bits per heavy atom. The zero-order valence-corrected chi connectivity index (χ0v) is 7.62. The quantitative estimate of drug-likeness (QED) is 0.469. The summed E-state index contributed by atoms with van der Waals surface area (Å²) in [4.78, 5) is 21.4.